The standard InChI is InChI=1S/C23H23ClN4OS2/c1-3-27-13-18(24)21(25-27)23(29)28-22(19-7-5-9-31-19)17-11-14(2)10-15(20(17)26-28)12-16-6-4-8-30-16/h4-9,12-14,17,22H,3,10-11H2,1-2H3/b15-12-/t14-,17-,22-/m0/s1. The molecule has 4 heterocycles. The van der Waals surface area contributed by atoms with Crippen molar-refractivity contribution in [2.24, 2.45) is 16.9 Å². The Balaban J connectivity index is 1.59. The molecule has 8 heteroatoms. The number of nitrogens with zero attached hydrogens (tertiary/aromatic N) is 4. The molecule has 0 spiro atoms. The van der Waals surface area contributed by atoms with Gasteiger partial charge in [0.1, 0.15) is 0 Å². The second kappa shape index (κ2) is 8.37. The molecular weight excluding hydrogens is 448 g/mol. The Morgan fingerprint density at radius 1 is 1.29 bits per heavy atom. The molecule has 0 N–H and O–H groups in total. The molecule has 31 heavy (non-hydrogen) atoms. The summed E-state index contributed by atoms with van der Waals surface area (Å²) in [7, 11) is 0. The number of carbonyl (C=O) groups is 1. The van der Waals surface area contributed by atoms with Gasteiger partial charge in [0, 0.05) is 28.4 Å². The highest BCUT2D eigenvalue weighted by atomic mass is 35.5. The maximum Gasteiger partial charge on any atom is 0.296 e. The maximum atomic E-state index is 13.6. The summed E-state index contributed by atoms with van der Waals surface area (Å²) in [6.07, 6.45) is 5.92. The predicted octanol–water partition coefficient (Wildman–Crippen LogP) is 6.36. The number of thiophene rings is 2. The first kappa shape index (κ1) is 20.7. The summed E-state index contributed by atoms with van der Waals surface area (Å²) < 4.78 is 1.69. The van der Waals surface area contributed by atoms with Crippen molar-refractivity contribution >= 4 is 52.0 Å². The number of hydrogen-bond acceptors (Lipinski definition) is 5. The summed E-state index contributed by atoms with van der Waals surface area (Å²) in [6.45, 7) is 4.91. The number of fused-ring (bicyclic) bond motifs is 1. The summed E-state index contributed by atoms with van der Waals surface area (Å²) in [6, 6.07) is 8.20. The van der Waals surface area contributed by atoms with Gasteiger partial charge in [0.05, 0.1) is 16.8 Å². The molecule has 1 aliphatic carbocycles. The minimum Gasteiger partial charge on any atom is -0.271 e. The smallest absolute Gasteiger partial charge is 0.271 e. The van der Waals surface area contributed by atoms with Crippen molar-refractivity contribution in [2.45, 2.75) is 39.3 Å². The zero-order valence-electron chi connectivity index (χ0n) is 17.4. The second-order valence-electron chi connectivity index (χ2n) is 8.11. The molecule has 0 bridgehead atoms. The van der Waals surface area contributed by atoms with E-state index in [-0.39, 0.29) is 23.6 Å². The number of halogens is 1. The lowest BCUT2D eigenvalue weighted by Gasteiger charge is -2.31. The lowest BCUT2D eigenvalue weighted by atomic mass is 9.74. The Labute approximate surface area is 194 Å². The third-order valence-electron chi connectivity index (χ3n) is 5.91. The summed E-state index contributed by atoms with van der Waals surface area (Å²) in [4.78, 5) is 16.0. The first-order valence-corrected chi connectivity index (χ1v) is 12.6. The van der Waals surface area contributed by atoms with Gasteiger partial charge in [-0.05, 0) is 60.2 Å². The number of aryl methyl sites for hydroxylation is 1. The maximum absolute atomic E-state index is 13.6. The quantitative estimate of drug-likeness (QED) is 0.445. The van der Waals surface area contributed by atoms with Gasteiger partial charge in [0.2, 0.25) is 0 Å². The van der Waals surface area contributed by atoms with Crippen molar-refractivity contribution in [3.8, 4) is 0 Å². The zero-order chi connectivity index (χ0) is 21.5. The second-order valence-corrected chi connectivity index (χ2v) is 10.5. The van der Waals surface area contributed by atoms with E-state index in [1.807, 2.05) is 13.0 Å². The highest BCUT2D eigenvalue weighted by Crippen LogP contribution is 2.47. The van der Waals surface area contributed by atoms with Gasteiger partial charge in [-0.15, -0.1) is 22.7 Å². The van der Waals surface area contributed by atoms with E-state index in [4.69, 9.17) is 16.7 Å². The van der Waals surface area contributed by atoms with Crippen LogP contribution in [0.3, 0.4) is 0 Å². The van der Waals surface area contributed by atoms with Gasteiger partial charge in [-0.3, -0.25) is 9.48 Å². The Hall–Kier alpha value is -2.22. The van der Waals surface area contributed by atoms with Crippen LogP contribution in [0.2, 0.25) is 5.02 Å². The molecule has 0 radical (unpaired) electrons. The zero-order valence-corrected chi connectivity index (χ0v) is 19.8. The molecule has 3 aromatic heterocycles. The number of aromatic nitrogens is 2. The van der Waals surface area contributed by atoms with Gasteiger partial charge in [-0.25, -0.2) is 5.01 Å². The van der Waals surface area contributed by atoms with Crippen molar-refractivity contribution in [1.29, 1.82) is 0 Å². The van der Waals surface area contributed by atoms with Crippen LogP contribution in [0.1, 0.15) is 53.0 Å². The fourth-order valence-electron chi connectivity index (χ4n) is 4.55. The molecule has 5 rings (SSSR count). The number of hydrogen-bond donors (Lipinski definition) is 0. The topological polar surface area (TPSA) is 50.5 Å². The number of amides is 1. The van der Waals surface area contributed by atoms with Gasteiger partial charge in [0.25, 0.3) is 5.91 Å². The first-order valence-electron chi connectivity index (χ1n) is 10.5. The number of rotatable bonds is 4. The van der Waals surface area contributed by atoms with Gasteiger partial charge < -0.3 is 0 Å². The van der Waals surface area contributed by atoms with Gasteiger partial charge in [-0.2, -0.15) is 10.2 Å². The van der Waals surface area contributed by atoms with E-state index < -0.39 is 0 Å². The molecule has 2 aliphatic rings. The monoisotopic (exact) mass is 470 g/mol. The van der Waals surface area contributed by atoms with Crippen molar-refractivity contribution in [3.05, 3.63) is 67.3 Å². The summed E-state index contributed by atoms with van der Waals surface area (Å²) in [5.41, 5.74) is 2.53. The van der Waals surface area contributed by atoms with E-state index in [0.29, 0.717) is 17.5 Å². The summed E-state index contributed by atoms with van der Waals surface area (Å²) in [5, 5.41) is 15.5. The van der Waals surface area contributed by atoms with Crippen molar-refractivity contribution in [1.82, 2.24) is 14.8 Å². The lowest BCUT2D eigenvalue weighted by Crippen LogP contribution is -2.33. The molecule has 5 nitrogen and oxygen atoms in total. The van der Waals surface area contributed by atoms with Crippen LogP contribution in [0.4, 0.5) is 0 Å². The number of allylic oxidation sites excluding steroid dienone is 1. The third-order valence-corrected chi connectivity index (χ3v) is 7.95. The average Bonchev–Trinajstić information content (AvgIpc) is 3.53. The fraction of sp³-hybridized carbons (Fsp3) is 0.348. The Morgan fingerprint density at radius 2 is 2.10 bits per heavy atom. The third kappa shape index (κ3) is 3.79. The molecule has 0 aromatic carbocycles. The number of carbonyl (C=O) groups excluding carboxylic acids is 1. The van der Waals surface area contributed by atoms with Crippen LogP contribution < -0.4 is 0 Å². The van der Waals surface area contributed by atoms with E-state index in [1.165, 1.54) is 10.5 Å². The molecule has 3 atom stereocenters. The minimum absolute atomic E-state index is 0.125. The van der Waals surface area contributed by atoms with Gasteiger partial charge in [-0.1, -0.05) is 30.7 Å². The van der Waals surface area contributed by atoms with Crippen molar-refractivity contribution in [2.75, 3.05) is 0 Å². The molecule has 3 aromatic rings. The van der Waals surface area contributed by atoms with E-state index in [0.717, 1.165) is 23.4 Å². The highest BCUT2D eigenvalue weighted by Gasteiger charge is 2.46. The van der Waals surface area contributed by atoms with E-state index in [1.54, 1.807) is 38.6 Å². The van der Waals surface area contributed by atoms with Crippen LogP contribution >= 0.6 is 34.3 Å². The minimum atomic E-state index is -0.236. The molecule has 1 amide bonds. The molecular formula is C23H23ClN4OS2. The van der Waals surface area contributed by atoms with Gasteiger partial charge >= 0.3 is 0 Å². The van der Waals surface area contributed by atoms with Crippen LogP contribution in [0.25, 0.3) is 6.08 Å². The summed E-state index contributed by atoms with van der Waals surface area (Å²) in [5.74, 6) is 0.459. The van der Waals surface area contributed by atoms with E-state index >= 15 is 0 Å². The number of hydrazone groups is 1. The van der Waals surface area contributed by atoms with Crippen LogP contribution in [0.5, 0.6) is 0 Å². The van der Waals surface area contributed by atoms with Crippen molar-refractivity contribution < 1.29 is 4.79 Å². The van der Waals surface area contributed by atoms with Gasteiger partial charge in [0.15, 0.2) is 5.69 Å². The normalized spacial score (nSPS) is 24.5. The van der Waals surface area contributed by atoms with Crippen molar-refractivity contribution in [3.63, 3.8) is 0 Å². The largest absolute Gasteiger partial charge is 0.296 e. The van der Waals surface area contributed by atoms with Crippen LogP contribution in [0, 0.1) is 11.8 Å². The average molecular weight is 471 g/mol. The molecule has 0 unspecified atom stereocenters. The molecule has 1 aliphatic heterocycles. The Morgan fingerprint density at radius 3 is 2.77 bits per heavy atom. The van der Waals surface area contributed by atoms with Crippen LogP contribution in [-0.2, 0) is 6.54 Å². The molecule has 0 saturated heterocycles. The van der Waals surface area contributed by atoms with E-state index in [2.05, 4.69) is 47.1 Å². The molecule has 1 saturated carbocycles. The fourth-order valence-corrected chi connectivity index (χ4v) is 6.34. The highest BCUT2D eigenvalue weighted by molar-refractivity contribution is 7.11. The SMILES string of the molecule is CCn1cc(Cl)c(C(=O)N2N=C3/C(=C\c4cccs4)C[C@H](C)C[C@@H]3[C@H]2c2cccs2)n1. The lowest BCUT2D eigenvalue weighted by molar-refractivity contribution is 0.0673. The van der Waals surface area contributed by atoms with Crippen LogP contribution in [0.15, 0.2) is 51.9 Å². The summed E-state index contributed by atoms with van der Waals surface area (Å²) >= 11 is 9.77. The first-order chi connectivity index (χ1) is 15.0. The predicted molar refractivity (Wildman–Crippen MR) is 128 cm³/mol. The van der Waals surface area contributed by atoms with E-state index in [9.17, 15) is 4.79 Å². The molecule has 1 fully saturated rings. The molecule has 160 valence electrons. The Kier molecular flexibility index (Phi) is 5.58. The van der Waals surface area contributed by atoms with Crippen LogP contribution in [-0.4, -0.2) is 26.4 Å². The Bertz CT molecular complexity index is 1150.